The van der Waals surface area contributed by atoms with Gasteiger partial charge in [0.1, 0.15) is 22.2 Å². The van der Waals surface area contributed by atoms with E-state index in [4.69, 9.17) is 21.1 Å². The molecule has 0 unspecified atom stereocenters. The maximum atomic E-state index is 13.1. The molecule has 0 bridgehead atoms. The number of amides is 3. The number of nitrogens with one attached hydrogen (secondary N) is 2. The van der Waals surface area contributed by atoms with Gasteiger partial charge >= 0.3 is 0 Å². The van der Waals surface area contributed by atoms with Gasteiger partial charge < -0.3 is 20.1 Å². The highest BCUT2D eigenvalue weighted by Crippen LogP contribution is 2.36. The third-order valence-corrected chi connectivity index (χ3v) is 5.72. The molecular weight excluding hydrogens is 470 g/mol. The van der Waals surface area contributed by atoms with Crippen LogP contribution in [0.4, 0.5) is 17.1 Å². The monoisotopic (exact) mass is 491 g/mol. The molecule has 0 saturated carbocycles. The Kier molecular flexibility index (Phi) is 6.75. The fourth-order valence-electron chi connectivity index (χ4n) is 3.53. The molecule has 3 aromatic carbocycles. The first-order chi connectivity index (χ1) is 16.8. The molecule has 8 nitrogen and oxygen atoms in total. The van der Waals surface area contributed by atoms with Gasteiger partial charge in [0.25, 0.3) is 17.7 Å². The minimum atomic E-state index is -0.654. The Bertz CT molecular complexity index is 1330. The summed E-state index contributed by atoms with van der Waals surface area (Å²) in [5.41, 5.74) is 2.61. The van der Waals surface area contributed by atoms with Gasteiger partial charge in [0, 0.05) is 16.9 Å². The molecule has 9 heteroatoms. The minimum Gasteiger partial charge on any atom is -0.497 e. The number of aryl methyl sites for hydroxylation is 1. The quantitative estimate of drug-likeness (QED) is 0.465. The van der Waals surface area contributed by atoms with Crippen molar-refractivity contribution < 1.29 is 23.9 Å². The van der Waals surface area contributed by atoms with E-state index >= 15 is 0 Å². The molecule has 4 rings (SSSR count). The first kappa shape index (κ1) is 23.8. The minimum absolute atomic E-state index is 0.0596. The van der Waals surface area contributed by atoms with E-state index in [-0.39, 0.29) is 16.6 Å². The summed E-state index contributed by atoms with van der Waals surface area (Å²) in [6.07, 6.45) is 0. The van der Waals surface area contributed by atoms with Gasteiger partial charge in [-0.1, -0.05) is 17.7 Å². The van der Waals surface area contributed by atoms with Crippen LogP contribution < -0.4 is 25.0 Å². The molecule has 1 aliphatic rings. The number of methoxy groups -OCH3 is 2. The van der Waals surface area contributed by atoms with E-state index in [0.717, 1.165) is 10.5 Å². The van der Waals surface area contributed by atoms with E-state index in [1.807, 2.05) is 13.0 Å². The van der Waals surface area contributed by atoms with E-state index < -0.39 is 11.8 Å². The number of halogens is 1. The van der Waals surface area contributed by atoms with Crippen molar-refractivity contribution in [2.45, 2.75) is 6.92 Å². The van der Waals surface area contributed by atoms with Crippen LogP contribution in [0.3, 0.4) is 0 Å². The molecule has 178 valence electrons. The fourth-order valence-corrected chi connectivity index (χ4v) is 3.74. The van der Waals surface area contributed by atoms with Crippen molar-refractivity contribution in [3.05, 3.63) is 88.6 Å². The highest BCUT2D eigenvalue weighted by molar-refractivity contribution is 6.53. The van der Waals surface area contributed by atoms with E-state index in [1.54, 1.807) is 67.8 Å². The van der Waals surface area contributed by atoms with Crippen LogP contribution in [0.15, 0.2) is 77.5 Å². The van der Waals surface area contributed by atoms with E-state index in [1.165, 1.54) is 7.11 Å². The second-order valence-electron chi connectivity index (χ2n) is 7.69. The smallest absolute Gasteiger partial charge is 0.283 e. The first-order valence-electron chi connectivity index (χ1n) is 10.6. The van der Waals surface area contributed by atoms with Crippen LogP contribution in [0, 0.1) is 6.92 Å². The number of carbonyl (C=O) groups is 3. The SMILES string of the molecule is COc1ccc(NC(=O)c2ccc(NC3=C(Cl)C(=O)N(c4cc(C)ccc4OC)C3=O)cc2)cc1. The highest BCUT2D eigenvalue weighted by atomic mass is 35.5. The number of nitrogens with zero attached hydrogens (tertiary/aromatic N) is 1. The zero-order valence-corrected chi connectivity index (χ0v) is 20.0. The average Bonchev–Trinajstić information content (AvgIpc) is 3.07. The summed E-state index contributed by atoms with van der Waals surface area (Å²) in [4.78, 5) is 39.4. The Morgan fingerprint density at radius 3 is 2.14 bits per heavy atom. The lowest BCUT2D eigenvalue weighted by Crippen LogP contribution is -2.32. The summed E-state index contributed by atoms with van der Waals surface area (Å²) < 4.78 is 10.4. The Hall–Kier alpha value is -4.30. The molecule has 3 aromatic rings. The van der Waals surface area contributed by atoms with Crippen LogP contribution in [0.5, 0.6) is 11.5 Å². The lowest BCUT2D eigenvalue weighted by molar-refractivity contribution is -0.120. The molecule has 3 amide bonds. The zero-order valence-electron chi connectivity index (χ0n) is 19.2. The Morgan fingerprint density at radius 1 is 0.857 bits per heavy atom. The maximum Gasteiger partial charge on any atom is 0.283 e. The highest BCUT2D eigenvalue weighted by Gasteiger charge is 2.40. The number of ether oxygens (including phenoxy) is 2. The number of hydrogen-bond donors (Lipinski definition) is 2. The van der Waals surface area contributed by atoms with Gasteiger partial charge in [-0.25, -0.2) is 4.90 Å². The summed E-state index contributed by atoms with van der Waals surface area (Å²) in [5.74, 6) is -0.506. The van der Waals surface area contributed by atoms with Gasteiger partial charge in [-0.05, 0) is 73.2 Å². The molecule has 0 spiro atoms. The number of hydrogen-bond acceptors (Lipinski definition) is 6. The number of imide groups is 1. The fraction of sp³-hybridized carbons (Fsp3) is 0.115. The summed E-state index contributed by atoms with van der Waals surface area (Å²) in [6, 6.07) is 18.6. The largest absolute Gasteiger partial charge is 0.497 e. The number of rotatable bonds is 7. The average molecular weight is 492 g/mol. The molecule has 1 heterocycles. The van der Waals surface area contributed by atoms with E-state index in [2.05, 4.69) is 10.6 Å². The van der Waals surface area contributed by atoms with Gasteiger partial charge in [0.2, 0.25) is 0 Å². The summed E-state index contributed by atoms with van der Waals surface area (Å²) in [6.45, 7) is 1.84. The Morgan fingerprint density at radius 2 is 1.51 bits per heavy atom. The Balaban J connectivity index is 1.49. The lowest BCUT2D eigenvalue weighted by Gasteiger charge is -2.18. The molecule has 0 atom stereocenters. The van der Waals surface area contributed by atoms with Crippen molar-refractivity contribution in [2.24, 2.45) is 0 Å². The predicted molar refractivity (Wildman–Crippen MR) is 134 cm³/mol. The van der Waals surface area contributed by atoms with E-state index in [9.17, 15) is 14.4 Å². The molecule has 2 N–H and O–H groups in total. The van der Waals surface area contributed by atoms with Gasteiger partial charge in [-0.3, -0.25) is 14.4 Å². The summed E-state index contributed by atoms with van der Waals surface area (Å²) >= 11 is 6.24. The molecular formula is C26H22ClN3O5. The van der Waals surface area contributed by atoms with Crippen molar-refractivity contribution in [1.82, 2.24) is 0 Å². The Labute approximate surface area is 207 Å². The third-order valence-electron chi connectivity index (χ3n) is 5.37. The normalized spacial score (nSPS) is 13.2. The van der Waals surface area contributed by atoms with Crippen molar-refractivity contribution in [3.63, 3.8) is 0 Å². The zero-order chi connectivity index (χ0) is 25.1. The lowest BCUT2D eigenvalue weighted by atomic mass is 10.1. The third kappa shape index (κ3) is 4.83. The van der Waals surface area contributed by atoms with Crippen LogP contribution in [0.25, 0.3) is 0 Å². The van der Waals surface area contributed by atoms with Gasteiger partial charge in [0.05, 0.1) is 19.9 Å². The molecule has 0 aromatic heterocycles. The molecule has 1 aliphatic heterocycles. The molecule has 0 saturated heterocycles. The van der Waals surface area contributed by atoms with Crippen LogP contribution in [0.2, 0.25) is 0 Å². The van der Waals surface area contributed by atoms with E-state index in [0.29, 0.717) is 34.1 Å². The van der Waals surface area contributed by atoms with Crippen molar-refractivity contribution >= 4 is 46.4 Å². The van der Waals surface area contributed by atoms with Gasteiger partial charge in [-0.2, -0.15) is 0 Å². The van der Waals surface area contributed by atoms with Gasteiger partial charge in [-0.15, -0.1) is 0 Å². The second-order valence-corrected chi connectivity index (χ2v) is 8.07. The first-order valence-corrected chi connectivity index (χ1v) is 11.0. The maximum absolute atomic E-state index is 13.1. The number of carbonyl (C=O) groups excluding carboxylic acids is 3. The standard InChI is InChI=1S/C26H22ClN3O5/c1-15-4-13-21(35-3)20(14-15)30-25(32)22(27)23(26(30)33)28-17-7-5-16(6-8-17)24(31)29-18-9-11-19(34-2)12-10-18/h4-14,28H,1-3H3,(H,29,31). The predicted octanol–water partition coefficient (Wildman–Crippen LogP) is 4.70. The topological polar surface area (TPSA) is 97.0 Å². The second kappa shape index (κ2) is 9.90. The van der Waals surface area contributed by atoms with Crippen molar-refractivity contribution in [2.75, 3.05) is 29.8 Å². The number of benzene rings is 3. The van der Waals surface area contributed by atoms with Crippen LogP contribution >= 0.6 is 11.6 Å². The molecule has 35 heavy (non-hydrogen) atoms. The molecule has 0 fully saturated rings. The van der Waals surface area contributed by atoms with Crippen LogP contribution in [-0.4, -0.2) is 31.9 Å². The van der Waals surface area contributed by atoms with Gasteiger partial charge in [0.15, 0.2) is 0 Å². The molecule has 0 aliphatic carbocycles. The summed E-state index contributed by atoms with van der Waals surface area (Å²) in [5, 5.41) is 5.46. The number of anilines is 3. The van der Waals surface area contributed by atoms with Crippen molar-refractivity contribution in [3.8, 4) is 11.5 Å². The van der Waals surface area contributed by atoms with Crippen LogP contribution in [-0.2, 0) is 9.59 Å². The van der Waals surface area contributed by atoms with Crippen molar-refractivity contribution in [1.29, 1.82) is 0 Å². The van der Waals surface area contributed by atoms with Crippen LogP contribution in [0.1, 0.15) is 15.9 Å². The summed E-state index contributed by atoms with van der Waals surface area (Å²) in [7, 11) is 3.03. The molecule has 0 radical (unpaired) electrons.